The van der Waals surface area contributed by atoms with Crippen molar-refractivity contribution in [3.63, 3.8) is 0 Å². The highest BCUT2D eigenvalue weighted by atomic mass is 32.2. The summed E-state index contributed by atoms with van der Waals surface area (Å²) < 4.78 is 25.3. The van der Waals surface area contributed by atoms with Crippen LogP contribution in [0.3, 0.4) is 0 Å². The Hall–Kier alpha value is -0.880. The molecular formula is C10H19N3O2S. The van der Waals surface area contributed by atoms with E-state index in [2.05, 4.69) is 10.2 Å². The van der Waals surface area contributed by atoms with Crippen LogP contribution in [0.2, 0.25) is 0 Å². The highest BCUT2D eigenvalue weighted by Crippen LogP contribution is 2.18. The first-order valence-electron chi connectivity index (χ1n) is 5.12. The molecule has 6 heteroatoms. The maximum absolute atomic E-state index is 12.0. The largest absolute Gasteiger partial charge is 0.285 e. The van der Waals surface area contributed by atoms with Crippen molar-refractivity contribution in [2.45, 2.75) is 27.3 Å². The van der Waals surface area contributed by atoms with E-state index in [1.165, 1.54) is 4.31 Å². The van der Waals surface area contributed by atoms with Gasteiger partial charge in [0.05, 0.1) is 11.9 Å². The molecule has 0 aliphatic carbocycles. The molecule has 1 aromatic heterocycles. The molecular weight excluding hydrogens is 226 g/mol. The van der Waals surface area contributed by atoms with Crippen LogP contribution < -0.4 is 0 Å². The summed E-state index contributed by atoms with van der Waals surface area (Å²) >= 11 is 0. The van der Waals surface area contributed by atoms with E-state index in [0.29, 0.717) is 6.54 Å². The topological polar surface area (TPSA) is 66.1 Å². The molecule has 0 aliphatic heterocycles. The van der Waals surface area contributed by atoms with Crippen LogP contribution in [-0.4, -0.2) is 35.7 Å². The van der Waals surface area contributed by atoms with Gasteiger partial charge in [0.15, 0.2) is 0 Å². The molecule has 0 aromatic carbocycles. The number of nitrogens with zero attached hydrogens (tertiary/aromatic N) is 2. The molecule has 0 atom stereocenters. The standard InChI is InChI=1S/C10H19N3O2S/c1-10(2,3)8-16(14,15)13(4)7-9-5-11-12-6-9/h5-6H,7-8H2,1-4H3,(H,11,12). The molecule has 0 saturated heterocycles. The number of sulfonamides is 1. The summed E-state index contributed by atoms with van der Waals surface area (Å²) in [5.41, 5.74) is 0.628. The molecule has 0 spiro atoms. The van der Waals surface area contributed by atoms with Gasteiger partial charge in [0, 0.05) is 25.4 Å². The van der Waals surface area contributed by atoms with E-state index in [-0.39, 0.29) is 11.2 Å². The predicted octanol–water partition coefficient (Wildman–Crippen LogP) is 1.22. The zero-order chi connectivity index (χ0) is 12.4. The monoisotopic (exact) mass is 245 g/mol. The van der Waals surface area contributed by atoms with Crippen LogP contribution in [-0.2, 0) is 16.6 Å². The Kier molecular flexibility index (Phi) is 3.75. The first-order valence-corrected chi connectivity index (χ1v) is 6.73. The summed E-state index contributed by atoms with van der Waals surface area (Å²) in [7, 11) is -1.61. The first-order chi connectivity index (χ1) is 7.21. The van der Waals surface area contributed by atoms with Crippen LogP contribution in [0.25, 0.3) is 0 Å². The van der Waals surface area contributed by atoms with Crippen molar-refractivity contribution < 1.29 is 8.42 Å². The van der Waals surface area contributed by atoms with Crippen molar-refractivity contribution in [1.82, 2.24) is 14.5 Å². The smallest absolute Gasteiger partial charge is 0.214 e. The average molecular weight is 245 g/mol. The van der Waals surface area contributed by atoms with Crippen LogP contribution in [0.5, 0.6) is 0 Å². The van der Waals surface area contributed by atoms with E-state index in [4.69, 9.17) is 0 Å². The lowest BCUT2D eigenvalue weighted by atomic mass is 10.0. The molecule has 92 valence electrons. The van der Waals surface area contributed by atoms with Crippen molar-refractivity contribution in [2.24, 2.45) is 5.41 Å². The lowest BCUT2D eigenvalue weighted by molar-refractivity contribution is 0.420. The van der Waals surface area contributed by atoms with Crippen LogP contribution >= 0.6 is 0 Å². The third-order valence-electron chi connectivity index (χ3n) is 2.05. The zero-order valence-electron chi connectivity index (χ0n) is 10.2. The SMILES string of the molecule is CN(Cc1cn[nH]c1)S(=O)(=O)CC(C)(C)C. The van der Waals surface area contributed by atoms with Crippen LogP contribution in [0.1, 0.15) is 26.3 Å². The fourth-order valence-corrected chi connectivity index (χ4v) is 3.04. The third kappa shape index (κ3) is 3.94. The average Bonchev–Trinajstić information content (AvgIpc) is 2.51. The molecule has 0 fully saturated rings. The molecule has 1 rings (SSSR count). The van der Waals surface area contributed by atoms with Crippen LogP contribution in [0.4, 0.5) is 0 Å². The molecule has 0 aliphatic rings. The summed E-state index contributed by atoms with van der Waals surface area (Å²) in [5.74, 6) is 0.147. The highest BCUT2D eigenvalue weighted by Gasteiger charge is 2.25. The Morgan fingerprint density at radius 3 is 2.50 bits per heavy atom. The van der Waals surface area contributed by atoms with Gasteiger partial charge in [-0.3, -0.25) is 5.10 Å². The summed E-state index contributed by atoms with van der Waals surface area (Å²) in [5, 5.41) is 6.45. The normalized spacial score (nSPS) is 13.3. The van der Waals surface area contributed by atoms with E-state index in [9.17, 15) is 8.42 Å². The van der Waals surface area contributed by atoms with Crippen LogP contribution in [0.15, 0.2) is 12.4 Å². The Morgan fingerprint density at radius 2 is 2.06 bits per heavy atom. The molecule has 0 saturated carbocycles. The minimum Gasteiger partial charge on any atom is -0.285 e. The summed E-state index contributed by atoms with van der Waals surface area (Å²) in [6.07, 6.45) is 3.33. The Morgan fingerprint density at radius 1 is 1.44 bits per heavy atom. The summed E-state index contributed by atoms with van der Waals surface area (Å²) in [6.45, 7) is 6.09. The Balaban J connectivity index is 2.70. The van der Waals surface area contributed by atoms with Gasteiger partial charge in [-0.25, -0.2) is 12.7 Å². The zero-order valence-corrected chi connectivity index (χ0v) is 11.0. The van der Waals surface area contributed by atoms with Gasteiger partial charge < -0.3 is 0 Å². The van der Waals surface area contributed by atoms with Gasteiger partial charge in [0.2, 0.25) is 10.0 Å². The second-order valence-corrected chi connectivity index (χ2v) is 7.26. The van der Waals surface area contributed by atoms with E-state index in [0.717, 1.165) is 5.56 Å². The van der Waals surface area contributed by atoms with Crippen molar-refractivity contribution in [1.29, 1.82) is 0 Å². The predicted molar refractivity (Wildman–Crippen MR) is 63.3 cm³/mol. The lowest BCUT2D eigenvalue weighted by Gasteiger charge is -2.23. The second-order valence-electron chi connectivity index (χ2n) is 5.18. The summed E-state index contributed by atoms with van der Waals surface area (Å²) in [6, 6.07) is 0. The second kappa shape index (κ2) is 4.55. The number of nitrogens with one attached hydrogen (secondary N) is 1. The van der Waals surface area contributed by atoms with Gasteiger partial charge in [-0.2, -0.15) is 5.10 Å². The molecule has 5 nitrogen and oxygen atoms in total. The third-order valence-corrected chi connectivity index (χ3v) is 4.36. The molecule has 0 radical (unpaired) electrons. The summed E-state index contributed by atoms with van der Waals surface area (Å²) in [4.78, 5) is 0. The van der Waals surface area contributed by atoms with E-state index < -0.39 is 10.0 Å². The lowest BCUT2D eigenvalue weighted by Crippen LogP contribution is -2.33. The quantitative estimate of drug-likeness (QED) is 0.867. The maximum Gasteiger partial charge on any atom is 0.214 e. The minimum absolute atomic E-state index is 0.147. The van der Waals surface area contributed by atoms with E-state index >= 15 is 0 Å². The van der Waals surface area contributed by atoms with Crippen molar-refractivity contribution in [3.8, 4) is 0 Å². The maximum atomic E-state index is 12.0. The van der Waals surface area contributed by atoms with Crippen molar-refractivity contribution >= 4 is 10.0 Å². The number of hydrogen-bond donors (Lipinski definition) is 1. The Labute approximate surface area is 96.9 Å². The van der Waals surface area contributed by atoms with Gasteiger partial charge in [0.1, 0.15) is 0 Å². The molecule has 1 heterocycles. The van der Waals surface area contributed by atoms with Gasteiger partial charge in [-0.05, 0) is 5.41 Å². The number of hydrogen-bond acceptors (Lipinski definition) is 3. The highest BCUT2D eigenvalue weighted by molar-refractivity contribution is 7.89. The number of aromatic amines is 1. The molecule has 1 N–H and O–H groups in total. The first kappa shape index (κ1) is 13.2. The molecule has 16 heavy (non-hydrogen) atoms. The Bertz CT molecular complexity index is 417. The van der Waals surface area contributed by atoms with Gasteiger partial charge >= 0.3 is 0 Å². The van der Waals surface area contributed by atoms with Gasteiger partial charge in [0.25, 0.3) is 0 Å². The number of aromatic nitrogens is 2. The van der Waals surface area contributed by atoms with Gasteiger partial charge in [-0.15, -0.1) is 0 Å². The van der Waals surface area contributed by atoms with Gasteiger partial charge in [-0.1, -0.05) is 20.8 Å². The van der Waals surface area contributed by atoms with Crippen LogP contribution in [0, 0.1) is 5.41 Å². The number of H-pyrrole nitrogens is 1. The molecule has 1 aromatic rings. The fourth-order valence-electron chi connectivity index (χ4n) is 1.38. The minimum atomic E-state index is -3.20. The van der Waals surface area contributed by atoms with Crippen molar-refractivity contribution in [3.05, 3.63) is 18.0 Å². The number of rotatable bonds is 4. The molecule has 0 unspecified atom stereocenters. The van der Waals surface area contributed by atoms with E-state index in [1.54, 1.807) is 19.4 Å². The molecule has 0 amide bonds. The van der Waals surface area contributed by atoms with Crippen molar-refractivity contribution in [2.75, 3.05) is 12.8 Å². The fraction of sp³-hybridized carbons (Fsp3) is 0.700. The molecule has 0 bridgehead atoms. The van der Waals surface area contributed by atoms with E-state index in [1.807, 2.05) is 20.8 Å².